The van der Waals surface area contributed by atoms with Crippen molar-refractivity contribution < 1.29 is 14.1 Å². The van der Waals surface area contributed by atoms with Crippen LogP contribution in [0.2, 0.25) is 0 Å². The molecule has 1 heterocycles. The van der Waals surface area contributed by atoms with E-state index in [0.717, 1.165) is 37.1 Å². The lowest BCUT2D eigenvalue weighted by Gasteiger charge is -2.52. The molecule has 5 heteroatoms. The Labute approximate surface area is 138 Å². The van der Waals surface area contributed by atoms with E-state index in [0.29, 0.717) is 12.5 Å². The highest BCUT2D eigenvalue weighted by atomic mass is 16.5. The van der Waals surface area contributed by atoms with E-state index in [9.17, 15) is 4.79 Å². The van der Waals surface area contributed by atoms with Crippen LogP contribution in [-0.2, 0) is 22.6 Å². The molecule has 0 aromatic carbocycles. The van der Waals surface area contributed by atoms with E-state index in [-0.39, 0.29) is 23.3 Å². The van der Waals surface area contributed by atoms with Gasteiger partial charge in [0.25, 0.3) is 0 Å². The molecule has 3 rings (SSSR count). The molecular weight excluding hydrogens is 292 g/mol. The van der Waals surface area contributed by atoms with Crippen molar-refractivity contribution in [3.63, 3.8) is 0 Å². The Morgan fingerprint density at radius 3 is 2.83 bits per heavy atom. The summed E-state index contributed by atoms with van der Waals surface area (Å²) in [6.07, 6.45) is 6.44. The zero-order valence-electron chi connectivity index (χ0n) is 14.4. The van der Waals surface area contributed by atoms with Gasteiger partial charge in [-0.2, -0.15) is 0 Å². The van der Waals surface area contributed by atoms with Gasteiger partial charge in [-0.15, -0.1) is 0 Å². The van der Waals surface area contributed by atoms with E-state index in [1.807, 2.05) is 6.07 Å². The van der Waals surface area contributed by atoms with Gasteiger partial charge in [0.1, 0.15) is 6.61 Å². The lowest BCUT2D eigenvalue weighted by Crippen LogP contribution is -2.59. The van der Waals surface area contributed by atoms with Crippen molar-refractivity contribution >= 4 is 5.91 Å². The minimum absolute atomic E-state index is 0.106. The zero-order valence-corrected chi connectivity index (χ0v) is 14.4. The summed E-state index contributed by atoms with van der Waals surface area (Å²) in [5, 5.41) is 7.42. The predicted molar refractivity (Wildman–Crippen MR) is 86.7 cm³/mol. The number of carbonyl (C=O) groups excluding carboxylic acids is 1. The van der Waals surface area contributed by atoms with Crippen LogP contribution in [0.1, 0.15) is 57.4 Å². The fourth-order valence-corrected chi connectivity index (χ4v) is 4.00. The van der Waals surface area contributed by atoms with Crippen molar-refractivity contribution in [1.82, 2.24) is 10.5 Å². The number of amides is 1. The van der Waals surface area contributed by atoms with Gasteiger partial charge >= 0.3 is 0 Å². The van der Waals surface area contributed by atoms with Crippen LogP contribution < -0.4 is 5.32 Å². The average Bonchev–Trinajstić information content (AvgIpc) is 3.18. The summed E-state index contributed by atoms with van der Waals surface area (Å²) in [7, 11) is 1.65. The number of hydrogen-bond acceptors (Lipinski definition) is 4. The molecule has 2 atom stereocenters. The normalized spacial score (nSPS) is 26.9. The van der Waals surface area contributed by atoms with Gasteiger partial charge in [0.05, 0.1) is 5.69 Å². The molecule has 1 aromatic rings. The van der Waals surface area contributed by atoms with Crippen LogP contribution in [0.25, 0.3) is 0 Å². The molecule has 2 saturated carbocycles. The van der Waals surface area contributed by atoms with Crippen LogP contribution in [0.3, 0.4) is 0 Å². The number of nitrogens with zero attached hydrogens (tertiary/aromatic N) is 1. The lowest BCUT2D eigenvalue weighted by molar-refractivity contribution is -0.129. The third kappa shape index (κ3) is 3.44. The van der Waals surface area contributed by atoms with Gasteiger partial charge in [-0.05, 0) is 37.0 Å². The third-order valence-electron chi connectivity index (χ3n) is 5.86. The molecule has 0 saturated heterocycles. The van der Waals surface area contributed by atoms with E-state index in [2.05, 4.69) is 24.3 Å². The standard InChI is InChI=1S/C18H28N2O3/c1-18(2)13(8-14-10-15(11-22-3)23-20-14)9-16(18)19-17(21)12-6-4-5-7-12/h10,12-13,16H,4-9,11H2,1-3H3,(H,19,21)/t13-,16+/m1/s1. The first kappa shape index (κ1) is 16.5. The molecule has 1 amide bonds. The van der Waals surface area contributed by atoms with Crippen LogP contribution in [0.5, 0.6) is 0 Å². The van der Waals surface area contributed by atoms with E-state index < -0.39 is 0 Å². The molecule has 0 unspecified atom stereocenters. The largest absolute Gasteiger partial charge is 0.377 e. The molecule has 1 aromatic heterocycles. The minimum Gasteiger partial charge on any atom is -0.377 e. The highest BCUT2D eigenvalue weighted by Gasteiger charge is 2.49. The zero-order chi connectivity index (χ0) is 16.4. The maximum atomic E-state index is 12.3. The van der Waals surface area contributed by atoms with Crippen LogP contribution in [0.4, 0.5) is 0 Å². The molecule has 0 spiro atoms. The number of hydrogen-bond donors (Lipinski definition) is 1. The molecule has 23 heavy (non-hydrogen) atoms. The van der Waals surface area contributed by atoms with Crippen LogP contribution in [0, 0.1) is 17.3 Å². The second-order valence-corrected chi connectivity index (χ2v) is 7.72. The molecule has 5 nitrogen and oxygen atoms in total. The lowest BCUT2D eigenvalue weighted by atomic mass is 9.57. The van der Waals surface area contributed by atoms with Crippen molar-refractivity contribution in [2.75, 3.05) is 7.11 Å². The summed E-state index contributed by atoms with van der Waals surface area (Å²) in [5.41, 5.74) is 1.09. The van der Waals surface area contributed by atoms with Gasteiger partial charge in [0, 0.05) is 25.1 Å². The number of aromatic nitrogens is 1. The van der Waals surface area contributed by atoms with Crippen molar-refractivity contribution in [2.45, 2.75) is 65.0 Å². The van der Waals surface area contributed by atoms with Crippen LogP contribution >= 0.6 is 0 Å². The Bertz CT molecular complexity index is 546. The van der Waals surface area contributed by atoms with E-state index in [4.69, 9.17) is 9.26 Å². The molecule has 1 N–H and O–H groups in total. The summed E-state index contributed by atoms with van der Waals surface area (Å²) in [6.45, 7) is 4.95. The Kier molecular flexibility index (Phi) is 4.76. The van der Waals surface area contributed by atoms with Gasteiger partial charge in [0.2, 0.25) is 5.91 Å². The minimum atomic E-state index is 0.106. The number of ether oxygens (including phenoxy) is 1. The summed E-state index contributed by atoms with van der Waals surface area (Å²) >= 11 is 0. The monoisotopic (exact) mass is 320 g/mol. The average molecular weight is 320 g/mol. The third-order valence-corrected chi connectivity index (χ3v) is 5.86. The number of nitrogens with one attached hydrogen (secondary N) is 1. The quantitative estimate of drug-likeness (QED) is 0.875. The number of rotatable bonds is 6. The smallest absolute Gasteiger partial charge is 0.223 e. The van der Waals surface area contributed by atoms with Gasteiger partial charge in [-0.1, -0.05) is 31.8 Å². The first-order valence-electron chi connectivity index (χ1n) is 8.74. The maximum absolute atomic E-state index is 12.3. The maximum Gasteiger partial charge on any atom is 0.223 e. The topological polar surface area (TPSA) is 64.4 Å². The fraction of sp³-hybridized carbons (Fsp3) is 0.778. The van der Waals surface area contributed by atoms with Crippen LogP contribution in [-0.4, -0.2) is 24.2 Å². The van der Waals surface area contributed by atoms with Gasteiger partial charge < -0.3 is 14.6 Å². The highest BCUT2D eigenvalue weighted by molar-refractivity contribution is 5.79. The van der Waals surface area contributed by atoms with Crippen LogP contribution in [0.15, 0.2) is 10.6 Å². The van der Waals surface area contributed by atoms with Gasteiger partial charge in [-0.25, -0.2) is 0 Å². The van der Waals surface area contributed by atoms with E-state index in [1.165, 1.54) is 12.8 Å². The first-order chi connectivity index (χ1) is 11.0. The number of carbonyl (C=O) groups is 1. The van der Waals surface area contributed by atoms with Crippen molar-refractivity contribution in [1.29, 1.82) is 0 Å². The highest BCUT2D eigenvalue weighted by Crippen LogP contribution is 2.48. The molecule has 0 bridgehead atoms. The van der Waals surface area contributed by atoms with Crippen molar-refractivity contribution in [2.24, 2.45) is 17.3 Å². The van der Waals surface area contributed by atoms with Gasteiger partial charge in [-0.3, -0.25) is 4.79 Å². The molecule has 0 radical (unpaired) electrons. The van der Waals surface area contributed by atoms with E-state index in [1.54, 1.807) is 7.11 Å². The summed E-state index contributed by atoms with van der Waals surface area (Å²) in [5.74, 6) is 1.81. The second-order valence-electron chi connectivity index (χ2n) is 7.72. The number of methoxy groups -OCH3 is 1. The molecule has 128 valence electrons. The fourth-order valence-electron chi connectivity index (χ4n) is 4.00. The molecule has 0 aliphatic heterocycles. The van der Waals surface area contributed by atoms with Gasteiger partial charge in [0.15, 0.2) is 5.76 Å². The SMILES string of the molecule is COCc1cc(C[C@@H]2C[C@H](NC(=O)C3CCCC3)C2(C)C)no1. The molecule has 2 aliphatic carbocycles. The summed E-state index contributed by atoms with van der Waals surface area (Å²) in [6, 6.07) is 2.26. The Morgan fingerprint density at radius 2 is 2.17 bits per heavy atom. The van der Waals surface area contributed by atoms with Crippen molar-refractivity contribution in [3.05, 3.63) is 17.5 Å². The Balaban J connectivity index is 1.52. The molecule has 2 aliphatic rings. The summed E-state index contributed by atoms with van der Waals surface area (Å²) in [4.78, 5) is 12.3. The second kappa shape index (κ2) is 6.63. The summed E-state index contributed by atoms with van der Waals surface area (Å²) < 4.78 is 10.3. The predicted octanol–water partition coefficient (Wildman–Crippen LogP) is 3.08. The molecular formula is C18H28N2O3. The molecule has 2 fully saturated rings. The first-order valence-corrected chi connectivity index (χ1v) is 8.74. The Hall–Kier alpha value is -1.36. The van der Waals surface area contributed by atoms with Crippen molar-refractivity contribution in [3.8, 4) is 0 Å². The Morgan fingerprint density at radius 1 is 1.43 bits per heavy atom. The van der Waals surface area contributed by atoms with E-state index >= 15 is 0 Å².